The van der Waals surface area contributed by atoms with Crippen LogP contribution < -0.4 is 4.74 Å². The number of nitrogens with zero attached hydrogens (tertiary/aromatic N) is 2. The minimum atomic E-state index is -0.120. The molecule has 0 N–H and O–H groups in total. The van der Waals surface area contributed by atoms with Crippen molar-refractivity contribution in [3.63, 3.8) is 0 Å². The van der Waals surface area contributed by atoms with Gasteiger partial charge in [0.2, 0.25) is 11.8 Å². The maximum Gasteiger partial charge on any atom is 0.229 e. The van der Waals surface area contributed by atoms with Gasteiger partial charge in [0, 0.05) is 25.4 Å². The zero-order valence-corrected chi connectivity index (χ0v) is 10.3. The number of amides is 1. The van der Waals surface area contributed by atoms with Gasteiger partial charge >= 0.3 is 0 Å². The Bertz CT molecular complexity index is 400. The predicted molar refractivity (Wildman–Crippen MR) is 65.0 cm³/mol. The van der Waals surface area contributed by atoms with Crippen LogP contribution in [0.2, 0.25) is 0 Å². The fourth-order valence-electron chi connectivity index (χ4n) is 2.16. The van der Waals surface area contributed by atoms with Gasteiger partial charge in [-0.15, -0.1) is 0 Å². The number of aromatic nitrogens is 1. The molecule has 1 atom stereocenters. The Kier molecular flexibility index (Phi) is 3.61. The third-order valence-electron chi connectivity index (χ3n) is 3.26. The molecule has 1 fully saturated rings. The Labute approximate surface area is 102 Å². The van der Waals surface area contributed by atoms with Crippen molar-refractivity contribution in [2.24, 2.45) is 0 Å². The van der Waals surface area contributed by atoms with Crippen LogP contribution in [0.4, 0.5) is 0 Å². The molecule has 0 bridgehead atoms. The molecule has 2 rings (SSSR count). The quantitative estimate of drug-likeness (QED) is 0.801. The first kappa shape index (κ1) is 11.9. The normalized spacial score (nSPS) is 16.9. The van der Waals surface area contributed by atoms with E-state index in [1.54, 1.807) is 13.3 Å². The molecule has 0 aliphatic carbocycles. The average Bonchev–Trinajstić information content (AvgIpc) is 2.91. The van der Waals surface area contributed by atoms with Gasteiger partial charge in [-0.2, -0.15) is 0 Å². The number of carbonyl (C=O) groups excluding carboxylic acids is 1. The van der Waals surface area contributed by atoms with E-state index in [0.29, 0.717) is 5.88 Å². The Morgan fingerprint density at radius 3 is 2.82 bits per heavy atom. The Balaban J connectivity index is 2.12. The van der Waals surface area contributed by atoms with Crippen molar-refractivity contribution in [1.82, 2.24) is 9.88 Å². The number of hydrogen-bond acceptors (Lipinski definition) is 3. The van der Waals surface area contributed by atoms with Crippen LogP contribution in [-0.4, -0.2) is 36.0 Å². The van der Waals surface area contributed by atoms with E-state index < -0.39 is 0 Å². The van der Waals surface area contributed by atoms with E-state index in [4.69, 9.17) is 4.74 Å². The Morgan fingerprint density at radius 1 is 1.47 bits per heavy atom. The van der Waals surface area contributed by atoms with E-state index in [1.165, 1.54) is 0 Å². The van der Waals surface area contributed by atoms with Crippen LogP contribution in [-0.2, 0) is 4.79 Å². The van der Waals surface area contributed by atoms with Crippen molar-refractivity contribution in [1.29, 1.82) is 0 Å². The highest BCUT2D eigenvalue weighted by Crippen LogP contribution is 2.22. The van der Waals surface area contributed by atoms with Gasteiger partial charge in [-0.25, -0.2) is 4.98 Å². The fraction of sp³-hybridized carbons (Fsp3) is 0.538. The third kappa shape index (κ3) is 2.57. The lowest BCUT2D eigenvalue weighted by Crippen LogP contribution is -2.31. The van der Waals surface area contributed by atoms with Crippen molar-refractivity contribution in [3.8, 4) is 5.88 Å². The van der Waals surface area contributed by atoms with E-state index in [0.717, 1.165) is 31.5 Å². The molecule has 0 aromatic carbocycles. The van der Waals surface area contributed by atoms with Crippen LogP contribution in [0.25, 0.3) is 0 Å². The number of likely N-dealkylation sites (tertiary alicyclic amines) is 1. The summed E-state index contributed by atoms with van der Waals surface area (Å²) in [6, 6.07) is 3.71. The lowest BCUT2D eigenvalue weighted by Gasteiger charge is -2.20. The summed E-state index contributed by atoms with van der Waals surface area (Å²) in [7, 11) is 1.58. The van der Waals surface area contributed by atoms with Crippen LogP contribution in [0, 0.1) is 0 Å². The lowest BCUT2D eigenvalue weighted by molar-refractivity contribution is -0.131. The summed E-state index contributed by atoms with van der Waals surface area (Å²) in [5.41, 5.74) is 0.966. The van der Waals surface area contributed by atoms with Gasteiger partial charge in [0.25, 0.3) is 0 Å². The van der Waals surface area contributed by atoms with Gasteiger partial charge in [0.1, 0.15) is 0 Å². The average molecular weight is 234 g/mol. The number of methoxy groups -OCH3 is 1. The van der Waals surface area contributed by atoms with Gasteiger partial charge in [-0.3, -0.25) is 4.79 Å². The first-order chi connectivity index (χ1) is 8.22. The van der Waals surface area contributed by atoms with E-state index in [9.17, 15) is 4.79 Å². The van der Waals surface area contributed by atoms with E-state index in [2.05, 4.69) is 4.98 Å². The van der Waals surface area contributed by atoms with E-state index in [-0.39, 0.29) is 11.8 Å². The minimum Gasteiger partial charge on any atom is -0.481 e. The number of rotatable bonds is 3. The summed E-state index contributed by atoms with van der Waals surface area (Å²) in [5.74, 6) is 0.643. The Hall–Kier alpha value is -1.58. The van der Waals surface area contributed by atoms with Gasteiger partial charge in [0.05, 0.1) is 13.0 Å². The van der Waals surface area contributed by atoms with Gasteiger partial charge in [-0.1, -0.05) is 0 Å². The zero-order chi connectivity index (χ0) is 12.3. The van der Waals surface area contributed by atoms with E-state index >= 15 is 0 Å². The van der Waals surface area contributed by atoms with Crippen molar-refractivity contribution >= 4 is 5.91 Å². The molecule has 92 valence electrons. The first-order valence-corrected chi connectivity index (χ1v) is 6.01. The molecule has 1 aliphatic heterocycles. The second-order valence-corrected chi connectivity index (χ2v) is 4.39. The molecule has 1 aliphatic rings. The van der Waals surface area contributed by atoms with Crippen LogP contribution in [0.5, 0.6) is 5.88 Å². The summed E-state index contributed by atoms with van der Waals surface area (Å²) in [6.07, 6.45) is 3.93. The molecule has 1 saturated heterocycles. The molecule has 0 spiro atoms. The third-order valence-corrected chi connectivity index (χ3v) is 3.26. The summed E-state index contributed by atoms with van der Waals surface area (Å²) < 4.78 is 5.07. The summed E-state index contributed by atoms with van der Waals surface area (Å²) >= 11 is 0. The molecule has 0 saturated carbocycles. The molecule has 1 amide bonds. The second-order valence-electron chi connectivity index (χ2n) is 4.39. The highest BCUT2D eigenvalue weighted by atomic mass is 16.5. The first-order valence-electron chi connectivity index (χ1n) is 6.01. The maximum atomic E-state index is 12.2. The predicted octanol–water partition coefficient (Wildman–Crippen LogP) is 1.82. The van der Waals surface area contributed by atoms with Crippen LogP contribution in [0.3, 0.4) is 0 Å². The van der Waals surface area contributed by atoms with Crippen molar-refractivity contribution in [2.75, 3.05) is 20.2 Å². The number of hydrogen-bond donors (Lipinski definition) is 0. The molecule has 4 nitrogen and oxygen atoms in total. The number of ether oxygens (including phenoxy) is 1. The van der Waals surface area contributed by atoms with Crippen LogP contribution >= 0.6 is 0 Å². The molecule has 2 heterocycles. The molecular weight excluding hydrogens is 216 g/mol. The molecule has 1 aromatic rings. The van der Waals surface area contributed by atoms with Crippen LogP contribution in [0.1, 0.15) is 31.2 Å². The van der Waals surface area contributed by atoms with Gasteiger partial charge in [-0.05, 0) is 31.4 Å². The molecule has 17 heavy (non-hydrogen) atoms. The monoisotopic (exact) mass is 234 g/mol. The van der Waals surface area contributed by atoms with E-state index in [1.807, 2.05) is 24.0 Å². The van der Waals surface area contributed by atoms with Gasteiger partial charge < -0.3 is 9.64 Å². The number of pyridine rings is 1. The van der Waals surface area contributed by atoms with Crippen molar-refractivity contribution < 1.29 is 9.53 Å². The van der Waals surface area contributed by atoms with Crippen LogP contribution in [0.15, 0.2) is 18.3 Å². The topological polar surface area (TPSA) is 42.4 Å². The zero-order valence-electron chi connectivity index (χ0n) is 10.3. The SMILES string of the molecule is COc1cc([C@H](C)C(=O)N2CCCC2)ccn1. The van der Waals surface area contributed by atoms with Crippen molar-refractivity contribution in [3.05, 3.63) is 23.9 Å². The Morgan fingerprint density at radius 2 is 2.18 bits per heavy atom. The van der Waals surface area contributed by atoms with Gasteiger partial charge in [0.15, 0.2) is 0 Å². The minimum absolute atomic E-state index is 0.120. The standard InChI is InChI=1S/C13H18N2O2/c1-10(13(16)15-7-3-4-8-15)11-5-6-14-12(9-11)17-2/h5-6,9-10H,3-4,7-8H2,1-2H3/t10-/m0/s1. The largest absolute Gasteiger partial charge is 0.481 e. The summed E-state index contributed by atoms with van der Waals surface area (Å²) in [5, 5.41) is 0. The summed E-state index contributed by atoms with van der Waals surface area (Å²) in [6.45, 7) is 3.73. The highest BCUT2D eigenvalue weighted by molar-refractivity contribution is 5.83. The molecule has 0 radical (unpaired) electrons. The molecule has 1 aromatic heterocycles. The smallest absolute Gasteiger partial charge is 0.229 e. The fourth-order valence-corrected chi connectivity index (χ4v) is 2.16. The molecule has 4 heteroatoms. The van der Waals surface area contributed by atoms with Crippen molar-refractivity contribution in [2.45, 2.75) is 25.7 Å². The molecule has 0 unspecified atom stereocenters. The lowest BCUT2D eigenvalue weighted by atomic mass is 10.0. The summed E-state index contributed by atoms with van der Waals surface area (Å²) in [4.78, 5) is 18.2. The number of carbonyl (C=O) groups is 1. The maximum absolute atomic E-state index is 12.2. The molecular formula is C13H18N2O2. The second kappa shape index (κ2) is 5.17. The highest BCUT2D eigenvalue weighted by Gasteiger charge is 2.24.